The molecular weight excluding hydrogens is 439 g/mol. The van der Waals surface area contributed by atoms with E-state index in [0.717, 1.165) is 22.4 Å². The zero-order valence-electron chi connectivity index (χ0n) is 19.1. The summed E-state index contributed by atoms with van der Waals surface area (Å²) in [5, 5.41) is 4.28. The molecule has 0 saturated heterocycles. The smallest absolute Gasteiger partial charge is 0.320 e. The molecule has 0 aromatic heterocycles. The molecule has 0 atom stereocenters. The lowest BCUT2D eigenvalue weighted by Gasteiger charge is -2.25. The Morgan fingerprint density at radius 2 is 1.66 bits per heavy atom. The topological polar surface area (TPSA) is 32.3 Å². The van der Waals surface area contributed by atoms with Gasteiger partial charge in [0.05, 0.1) is 0 Å². The molecule has 0 saturated carbocycles. The standard InChI is InChI=1S/C27H30Cl2N2O/c1-19-7-5-6-8-25(19)30-26(32)31(16-15-21-11-14-23(28)17-24(21)29)18-20-9-12-22(13-10-20)27(2,3)4/h5-14,17H,15-16,18H2,1-4H3,(H,30,32). The van der Waals surface area contributed by atoms with Gasteiger partial charge in [0.15, 0.2) is 0 Å². The molecule has 32 heavy (non-hydrogen) atoms. The molecule has 2 amide bonds. The molecule has 0 spiro atoms. The van der Waals surface area contributed by atoms with Gasteiger partial charge >= 0.3 is 6.03 Å². The van der Waals surface area contributed by atoms with Crippen molar-refractivity contribution >= 4 is 34.9 Å². The molecule has 3 aromatic rings. The van der Waals surface area contributed by atoms with Gasteiger partial charge in [-0.05, 0) is 59.2 Å². The van der Waals surface area contributed by atoms with Gasteiger partial charge in [0, 0.05) is 28.8 Å². The number of carbonyl (C=O) groups excluding carboxylic acids is 1. The summed E-state index contributed by atoms with van der Waals surface area (Å²) in [5.74, 6) is 0. The number of nitrogens with zero attached hydrogens (tertiary/aromatic N) is 1. The van der Waals surface area contributed by atoms with Crippen LogP contribution in [0, 0.1) is 6.92 Å². The first-order valence-electron chi connectivity index (χ1n) is 10.8. The van der Waals surface area contributed by atoms with E-state index >= 15 is 0 Å². The fourth-order valence-electron chi connectivity index (χ4n) is 3.47. The summed E-state index contributed by atoms with van der Waals surface area (Å²) in [5.41, 5.74) is 5.25. The number of amides is 2. The lowest BCUT2D eigenvalue weighted by atomic mass is 9.87. The molecule has 0 bridgehead atoms. The molecule has 3 rings (SSSR count). The Morgan fingerprint density at radius 1 is 0.969 bits per heavy atom. The SMILES string of the molecule is Cc1ccccc1NC(=O)N(CCc1ccc(Cl)cc1Cl)Cc1ccc(C(C)(C)C)cc1. The van der Waals surface area contributed by atoms with Crippen LogP contribution in [0.4, 0.5) is 10.5 Å². The van der Waals surface area contributed by atoms with Crippen molar-refractivity contribution in [2.75, 3.05) is 11.9 Å². The molecule has 0 unspecified atom stereocenters. The van der Waals surface area contributed by atoms with E-state index in [2.05, 4.69) is 50.4 Å². The number of hydrogen-bond donors (Lipinski definition) is 1. The zero-order valence-corrected chi connectivity index (χ0v) is 20.6. The zero-order chi connectivity index (χ0) is 23.3. The number of anilines is 1. The summed E-state index contributed by atoms with van der Waals surface area (Å²) in [6.45, 7) is 9.60. The minimum atomic E-state index is -0.135. The molecule has 0 aliphatic rings. The van der Waals surface area contributed by atoms with Crippen molar-refractivity contribution in [2.24, 2.45) is 0 Å². The average Bonchev–Trinajstić information content (AvgIpc) is 2.73. The minimum Gasteiger partial charge on any atom is -0.320 e. The number of hydrogen-bond acceptors (Lipinski definition) is 1. The quantitative estimate of drug-likeness (QED) is 0.391. The van der Waals surface area contributed by atoms with Crippen molar-refractivity contribution in [3.8, 4) is 0 Å². The van der Waals surface area contributed by atoms with E-state index in [1.165, 1.54) is 5.56 Å². The highest BCUT2D eigenvalue weighted by Crippen LogP contribution is 2.24. The van der Waals surface area contributed by atoms with E-state index in [9.17, 15) is 4.79 Å². The third-order valence-corrected chi connectivity index (χ3v) is 6.12. The lowest BCUT2D eigenvalue weighted by molar-refractivity contribution is 0.210. The molecule has 3 aromatic carbocycles. The molecule has 3 nitrogen and oxygen atoms in total. The van der Waals surface area contributed by atoms with E-state index in [0.29, 0.717) is 29.6 Å². The van der Waals surface area contributed by atoms with Crippen molar-refractivity contribution in [1.29, 1.82) is 0 Å². The number of para-hydroxylation sites is 1. The van der Waals surface area contributed by atoms with Gasteiger partial charge < -0.3 is 10.2 Å². The highest BCUT2D eigenvalue weighted by Gasteiger charge is 2.17. The summed E-state index contributed by atoms with van der Waals surface area (Å²) < 4.78 is 0. The van der Waals surface area contributed by atoms with Crippen LogP contribution in [0.2, 0.25) is 10.0 Å². The largest absolute Gasteiger partial charge is 0.322 e. The minimum absolute atomic E-state index is 0.0890. The van der Waals surface area contributed by atoms with Crippen LogP contribution in [0.1, 0.15) is 43.0 Å². The third kappa shape index (κ3) is 6.51. The molecule has 0 fully saturated rings. The number of rotatable bonds is 6. The van der Waals surface area contributed by atoms with Crippen LogP contribution in [0.3, 0.4) is 0 Å². The maximum Gasteiger partial charge on any atom is 0.322 e. The first-order valence-corrected chi connectivity index (χ1v) is 11.5. The second kappa shape index (κ2) is 10.4. The van der Waals surface area contributed by atoms with Gasteiger partial charge in [-0.3, -0.25) is 0 Å². The first kappa shape index (κ1) is 24.2. The number of nitrogens with one attached hydrogen (secondary N) is 1. The average molecular weight is 469 g/mol. The summed E-state index contributed by atoms with van der Waals surface area (Å²) >= 11 is 12.4. The van der Waals surface area contributed by atoms with Gasteiger partial charge in [-0.1, -0.05) is 92.5 Å². The fourth-order valence-corrected chi connectivity index (χ4v) is 3.97. The monoisotopic (exact) mass is 468 g/mol. The molecule has 0 radical (unpaired) electrons. The van der Waals surface area contributed by atoms with Crippen LogP contribution >= 0.6 is 23.2 Å². The molecule has 0 aliphatic carbocycles. The number of aryl methyl sites for hydroxylation is 1. The highest BCUT2D eigenvalue weighted by molar-refractivity contribution is 6.35. The highest BCUT2D eigenvalue weighted by atomic mass is 35.5. The van der Waals surface area contributed by atoms with Crippen LogP contribution in [0.25, 0.3) is 0 Å². The van der Waals surface area contributed by atoms with Crippen LogP contribution in [0.5, 0.6) is 0 Å². The maximum atomic E-state index is 13.2. The molecule has 5 heteroatoms. The predicted octanol–water partition coefficient (Wildman–Crippen LogP) is 7.88. The van der Waals surface area contributed by atoms with Gasteiger partial charge in [0.1, 0.15) is 0 Å². The number of halogens is 2. The Hall–Kier alpha value is -2.49. The third-order valence-electron chi connectivity index (χ3n) is 5.53. The summed E-state index contributed by atoms with van der Waals surface area (Å²) in [4.78, 5) is 15.0. The Balaban J connectivity index is 1.79. The summed E-state index contributed by atoms with van der Waals surface area (Å²) in [7, 11) is 0. The lowest BCUT2D eigenvalue weighted by Crippen LogP contribution is -2.36. The van der Waals surface area contributed by atoms with Crippen LogP contribution in [0.15, 0.2) is 66.7 Å². The molecule has 168 valence electrons. The Bertz CT molecular complexity index is 1070. The van der Waals surface area contributed by atoms with E-state index < -0.39 is 0 Å². The number of urea groups is 1. The molecular formula is C27H30Cl2N2O. The van der Waals surface area contributed by atoms with Gasteiger partial charge in [-0.15, -0.1) is 0 Å². The van der Waals surface area contributed by atoms with Crippen LogP contribution < -0.4 is 5.32 Å². The number of benzene rings is 3. The second-order valence-corrected chi connectivity index (χ2v) is 9.94. The van der Waals surface area contributed by atoms with Crippen molar-refractivity contribution in [1.82, 2.24) is 4.90 Å². The molecule has 1 N–H and O–H groups in total. The molecule has 0 aliphatic heterocycles. The van der Waals surface area contributed by atoms with Gasteiger partial charge in [0.25, 0.3) is 0 Å². The Labute approximate surface area is 201 Å². The van der Waals surface area contributed by atoms with Crippen molar-refractivity contribution in [3.05, 3.63) is 99.0 Å². The van der Waals surface area contributed by atoms with Crippen molar-refractivity contribution in [3.63, 3.8) is 0 Å². The van der Waals surface area contributed by atoms with Crippen molar-refractivity contribution in [2.45, 2.75) is 46.1 Å². The van der Waals surface area contributed by atoms with E-state index in [1.54, 1.807) is 6.07 Å². The normalized spacial score (nSPS) is 11.3. The number of carbonyl (C=O) groups is 1. The summed E-state index contributed by atoms with van der Waals surface area (Å²) in [6, 6.07) is 21.6. The van der Waals surface area contributed by atoms with Crippen molar-refractivity contribution < 1.29 is 4.79 Å². The van der Waals surface area contributed by atoms with Crippen LogP contribution in [-0.4, -0.2) is 17.5 Å². The fraction of sp³-hybridized carbons (Fsp3) is 0.296. The van der Waals surface area contributed by atoms with Gasteiger partial charge in [0.2, 0.25) is 0 Å². The first-order chi connectivity index (χ1) is 15.1. The van der Waals surface area contributed by atoms with E-state index in [-0.39, 0.29) is 11.4 Å². The Morgan fingerprint density at radius 3 is 2.28 bits per heavy atom. The summed E-state index contributed by atoms with van der Waals surface area (Å²) in [6.07, 6.45) is 0.636. The molecule has 0 heterocycles. The van der Waals surface area contributed by atoms with E-state index in [4.69, 9.17) is 23.2 Å². The second-order valence-electron chi connectivity index (χ2n) is 9.10. The van der Waals surface area contributed by atoms with Gasteiger partial charge in [-0.25, -0.2) is 4.79 Å². The van der Waals surface area contributed by atoms with Crippen LogP contribution in [-0.2, 0) is 18.4 Å². The predicted molar refractivity (Wildman–Crippen MR) is 136 cm³/mol. The van der Waals surface area contributed by atoms with E-state index in [1.807, 2.05) is 48.2 Å². The van der Waals surface area contributed by atoms with Gasteiger partial charge in [-0.2, -0.15) is 0 Å². The Kier molecular flexibility index (Phi) is 7.86. The maximum absolute atomic E-state index is 13.2.